The molecule has 8 heteroatoms. The van der Waals surface area contributed by atoms with Crippen LogP contribution >= 0.6 is 0 Å². The summed E-state index contributed by atoms with van der Waals surface area (Å²) in [4.78, 5) is 18.9. The van der Waals surface area contributed by atoms with Crippen LogP contribution in [-0.2, 0) is 0 Å². The zero-order valence-electron chi connectivity index (χ0n) is 22.4. The van der Waals surface area contributed by atoms with Crippen LogP contribution in [0.2, 0.25) is 0 Å². The molecule has 8 nitrogen and oxygen atoms in total. The summed E-state index contributed by atoms with van der Waals surface area (Å²) in [5.41, 5.74) is 8.63. The topological polar surface area (TPSA) is 84.6 Å². The van der Waals surface area contributed by atoms with E-state index in [1.54, 1.807) is 18.7 Å². The molecule has 0 atom stereocenters. The second-order valence-corrected chi connectivity index (χ2v) is 10.2. The molecule has 5 aromatic heterocycles. The van der Waals surface area contributed by atoms with Crippen molar-refractivity contribution >= 4 is 62.1 Å². The standard InChI is InChI=1S/C34H21N5O3/c1-38-26-13-3-4-14-27(26)39(34-37-31-24(19-41-33(31)42-34)25-12-6-7-16-35-25)32-28(38)17-20-9-8-11-22(30(20)36-32)23-18-40-29-15-5-2-10-21(23)29/h2-19H,1H3. The fourth-order valence-electron chi connectivity index (χ4n) is 5.88. The third kappa shape index (κ3) is 3.20. The molecule has 1 aliphatic rings. The molecule has 0 N–H and O–H groups in total. The highest BCUT2D eigenvalue weighted by molar-refractivity contribution is 6.06. The fraction of sp³-hybridized carbons (Fsp3) is 0.0294. The van der Waals surface area contributed by atoms with Crippen LogP contribution in [0.4, 0.5) is 28.9 Å². The minimum Gasteiger partial charge on any atom is -0.464 e. The molecule has 3 aromatic carbocycles. The number of aromatic nitrogens is 3. The van der Waals surface area contributed by atoms with E-state index in [0.717, 1.165) is 61.3 Å². The summed E-state index contributed by atoms with van der Waals surface area (Å²) >= 11 is 0. The van der Waals surface area contributed by atoms with Crippen molar-refractivity contribution in [2.45, 2.75) is 0 Å². The molecular weight excluding hydrogens is 526 g/mol. The molecule has 0 fully saturated rings. The number of anilines is 5. The maximum Gasteiger partial charge on any atom is 0.320 e. The van der Waals surface area contributed by atoms with Gasteiger partial charge >= 0.3 is 11.8 Å². The maximum absolute atomic E-state index is 6.28. The SMILES string of the molecule is CN1c2ccccc2N(c2nc3c(-c4ccccn4)coc3o2)c2nc3c(-c4coc5ccccc45)cccc3cc21. The van der Waals surface area contributed by atoms with Gasteiger partial charge in [-0.25, -0.2) is 9.88 Å². The van der Waals surface area contributed by atoms with Crippen LogP contribution in [0.3, 0.4) is 0 Å². The third-order valence-corrected chi connectivity index (χ3v) is 7.89. The normalized spacial score (nSPS) is 12.8. The summed E-state index contributed by atoms with van der Waals surface area (Å²) in [7, 11) is 2.05. The van der Waals surface area contributed by atoms with Crippen LogP contribution in [0.15, 0.2) is 123 Å². The van der Waals surface area contributed by atoms with Crippen LogP contribution in [0.1, 0.15) is 0 Å². The van der Waals surface area contributed by atoms with Gasteiger partial charge in [0.1, 0.15) is 11.8 Å². The number of nitrogens with zero attached hydrogens (tertiary/aromatic N) is 5. The summed E-state index contributed by atoms with van der Waals surface area (Å²) in [5.74, 6) is 1.03. The molecule has 0 radical (unpaired) electrons. The second kappa shape index (κ2) is 8.55. The quantitative estimate of drug-likeness (QED) is 0.217. The molecule has 0 saturated carbocycles. The van der Waals surface area contributed by atoms with Gasteiger partial charge in [-0.1, -0.05) is 54.6 Å². The number of oxazole rings is 1. The molecule has 0 saturated heterocycles. The van der Waals surface area contributed by atoms with E-state index < -0.39 is 0 Å². The summed E-state index contributed by atoms with van der Waals surface area (Å²) in [6, 6.07) is 30.7. The van der Waals surface area contributed by atoms with Gasteiger partial charge in [-0.05, 0) is 36.4 Å². The lowest BCUT2D eigenvalue weighted by molar-refractivity contribution is 0.479. The molecule has 1 aliphatic heterocycles. The van der Waals surface area contributed by atoms with E-state index in [4.69, 9.17) is 23.2 Å². The van der Waals surface area contributed by atoms with Gasteiger partial charge in [0.15, 0.2) is 11.3 Å². The van der Waals surface area contributed by atoms with Crippen LogP contribution in [0, 0.1) is 0 Å². The lowest BCUT2D eigenvalue weighted by Crippen LogP contribution is -2.25. The van der Waals surface area contributed by atoms with E-state index in [9.17, 15) is 0 Å². The number of hydrogen-bond donors (Lipinski definition) is 0. The molecule has 6 heterocycles. The predicted molar refractivity (Wildman–Crippen MR) is 163 cm³/mol. The zero-order valence-corrected chi connectivity index (χ0v) is 22.4. The monoisotopic (exact) mass is 547 g/mol. The Morgan fingerprint density at radius 3 is 2.40 bits per heavy atom. The van der Waals surface area contributed by atoms with Crippen molar-refractivity contribution in [2.75, 3.05) is 16.8 Å². The first kappa shape index (κ1) is 22.9. The van der Waals surface area contributed by atoms with Gasteiger partial charge in [-0.15, -0.1) is 0 Å². The molecule has 0 bridgehead atoms. The summed E-state index contributed by atoms with van der Waals surface area (Å²) in [6.45, 7) is 0. The minimum atomic E-state index is 0.329. The van der Waals surface area contributed by atoms with Crippen molar-refractivity contribution in [1.82, 2.24) is 15.0 Å². The lowest BCUT2D eigenvalue weighted by Gasteiger charge is -2.35. The maximum atomic E-state index is 6.28. The average Bonchev–Trinajstić information content (AvgIpc) is 3.76. The van der Waals surface area contributed by atoms with E-state index >= 15 is 0 Å². The number of para-hydroxylation sites is 4. The van der Waals surface area contributed by atoms with Gasteiger partial charge in [0.25, 0.3) is 0 Å². The molecule has 0 spiro atoms. The number of pyridine rings is 2. The molecule has 200 valence electrons. The van der Waals surface area contributed by atoms with Gasteiger partial charge in [-0.3, -0.25) is 4.98 Å². The van der Waals surface area contributed by atoms with Gasteiger partial charge in [0.2, 0.25) is 0 Å². The molecule has 0 amide bonds. The molecule has 8 aromatic rings. The predicted octanol–water partition coefficient (Wildman–Crippen LogP) is 9.00. The molecular formula is C34H21N5O3. The molecule has 42 heavy (non-hydrogen) atoms. The van der Waals surface area contributed by atoms with Crippen molar-refractivity contribution in [2.24, 2.45) is 0 Å². The Labute approximate surface area is 239 Å². The highest BCUT2D eigenvalue weighted by atomic mass is 16.5. The largest absolute Gasteiger partial charge is 0.464 e. The molecule has 0 unspecified atom stereocenters. The Bertz CT molecular complexity index is 2300. The Kier molecular flexibility index (Phi) is 4.66. The minimum absolute atomic E-state index is 0.329. The fourth-order valence-corrected chi connectivity index (χ4v) is 5.88. The van der Waals surface area contributed by atoms with E-state index in [0.29, 0.717) is 23.1 Å². The van der Waals surface area contributed by atoms with Crippen molar-refractivity contribution < 1.29 is 13.3 Å². The zero-order chi connectivity index (χ0) is 27.8. The van der Waals surface area contributed by atoms with E-state index in [1.807, 2.05) is 59.5 Å². The number of fused-ring (bicyclic) bond motifs is 5. The number of benzene rings is 3. The number of hydrogen-bond acceptors (Lipinski definition) is 8. The van der Waals surface area contributed by atoms with Crippen LogP contribution in [-0.4, -0.2) is 22.0 Å². The lowest BCUT2D eigenvalue weighted by atomic mass is 10.0. The van der Waals surface area contributed by atoms with Crippen LogP contribution < -0.4 is 9.80 Å². The first-order chi connectivity index (χ1) is 20.7. The highest BCUT2D eigenvalue weighted by Gasteiger charge is 2.33. The van der Waals surface area contributed by atoms with E-state index in [2.05, 4.69) is 53.3 Å². The summed E-state index contributed by atoms with van der Waals surface area (Å²) in [6.07, 6.45) is 5.19. The summed E-state index contributed by atoms with van der Waals surface area (Å²) in [5, 5.41) is 2.06. The number of rotatable bonds is 3. The van der Waals surface area contributed by atoms with Crippen molar-refractivity contribution in [3.8, 4) is 22.4 Å². The van der Waals surface area contributed by atoms with Gasteiger partial charge in [-0.2, -0.15) is 4.98 Å². The second-order valence-electron chi connectivity index (χ2n) is 10.2. The van der Waals surface area contributed by atoms with Crippen LogP contribution in [0.25, 0.3) is 55.6 Å². The third-order valence-electron chi connectivity index (χ3n) is 7.89. The average molecular weight is 548 g/mol. The first-order valence-corrected chi connectivity index (χ1v) is 13.6. The van der Waals surface area contributed by atoms with Gasteiger partial charge in [0, 0.05) is 35.1 Å². The smallest absolute Gasteiger partial charge is 0.320 e. The van der Waals surface area contributed by atoms with Crippen molar-refractivity contribution in [3.63, 3.8) is 0 Å². The highest BCUT2D eigenvalue weighted by Crippen LogP contribution is 2.51. The van der Waals surface area contributed by atoms with Gasteiger partial charge < -0.3 is 18.2 Å². The Hall–Kier alpha value is -5.89. The summed E-state index contributed by atoms with van der Waals surface area (Å²) < 4.78 is 18.0. The molecule has 0 aliphatic carbocycles. The number of furan rings is 2. The van der Waals surface area contributed by atoms with E-state index in [1.165, 1.54) is 0 Å². The Balaban J connectivity index is 1.29. The Morgan fingerprint density at radius 1 is 0.667 bits per heavy atom. The van der Waals surface area contributed by atoms with Crippen molar-refractivity contribution in [3.05, 3.63) is 110 Å². The first-order valence-electron chi connectivity index (χ1n) is 13.6. The van der Waals surface area contributed by atoms with Gasteiger partial charge in [0.05, 0.1) is 40.1 Å². The van der Waals surface area contributed by atoms with E-state index in [-0.39, 0.29) is 0 Å². The van der Waals surface area contributed by atoms with Crippen molar-refractivity contribution in [1.29, 1.82) is 0 Å². The Morgan fingerprint density at radius 2 is 1.50 bits per heavy atom. The molecule has 9 rings (SSSR count). The van der Waals surface area contributed by atoms with Crippen LogP contribution in [0.5, 0.6) is 0 Å².